The van der Waals surface area contributed by atoms with E-state index in [-0.39, 0.29) is 12.1 Å². The average molecular weight is 578 g/mol. The molecule has 0 spiro atoms. The van der Waals surface area contributed by atoms with Crippen molar-refractivity contribution in [3.05, 3.63) is 68.6 Å². The molecule has 166 valence electrons. The third-order valence-electron chi connectivity index (χ3n) is 4.37. The van der Waals surface area contributed by atoms with E-state index in [9.17, 15) is 8.42 Å². The van der Waals surface area contributed by atoms with Gasteiger partial charge in [-0.3, -0.25) is 0 Å². The van der Waals surface area contributed by atoms with Crippen molar-refractivity contribution in [2.75, 3.05) is 0 Å². The van der Waals surface area contributed by atoms with Crippen LogP contribution in [0.4, 0.5) is 0 Å². The minimum atomic E-state index is -1.32. The predicted octanol–water partition coefficient (Wildman–Crippen LogP) is 6.10. The van der Waals surface area contributed by atoms with Gasteiger partial charge in [0.2, 0.25) is 0 Å². The zero-order chi connectivity index (χ0) is 22.7. The first kappa shape index (κ1) is 25.9. The molecule has 0 saturated heterocycles. The topological polar surface area (TPSA) is 58.2 Å². The van der Waals surface area contributed by atoms with Crippen molar-refractivity contribution in [3.63, 3.8) is 0 Å². The Morgan fingerprint density at radius 3 is 1.13 bits per heavy atom. The molecule has 0 aliphatic heterocycles. The summed E-state index contributed by atoms with van der Waals surface area (Å²) in [6, 6.07) is 15.1. The lowest BCUT2D eigenvalue weighted by Gasteiger charge is -2.33. The molecule has 0 unspecified atom stereocenters. The number of hydrogen-bond acceptors (Lipinski definition) is 2. The molecule has 0 aliphatic carbocycles. The van der Waals surface area contributed by atoms with Crippen LogP contribution in [0.15, 0.2) is 57.5 Å². The molecule has 4 atom stereocenters. The molecule has 0 aromatic heterocycles. The van der Waals surface area contributed by atoms with Gasteiger partial charge in [0.15, 0.2) is 0 Å². The predicted molar refractivity (Wildman–Crippen MR) is 136 cm³/mol. The first-order valence-electron chi connectivity index (χ1n) is 9.66. The normalized spacial score (nSPS) is 16.7. The van der Waals surface area contributed by atoms with Crippen LogP contribution in [0.3, 0.4) is 0 Å². The number of halogens is 2. The van der Waals surface area contributed by atoms with E-state index in [0.29, 0.717) is 0 Å². The van der Waals surface area contributed by atoms with Crippen molar-refractivity contribution in [1.82, 2.24) is 9.44 Å². The third-order valence-corrected chi connectivity index (χ3v) is 8.59. The lowest BCUT2D eigenvalue weighted by molar-refractivity contribution is 0.485. The Kier molecular flexibility index (Phi) is 9.05. The van der Waals surface area contributed by atoms with E-state index in [1.54, 1.807) is 0 Å². The van der Waals surface area contributed by atoms with Gasteiger partial charge in [-0.15, -0.1) is 0 Å². The van der Waals surface area contributed by atoms with Crippen LogP contribution in [0.1, 0.15) is 64.8 Å². The fourth-order valence-electron chi connectivity index (χ4n) is 2.58. The van der Waals surface area contributed by atoms with Crippen LogP contribution in [0.5, 0.6) is 0 Å². The van der Waals surface area contributed by atoms with Crippen molar-refractivity contribution in [1.29, 1.82) is 0 Å². The largest absolute Gasteiger partial charge is 0.242 e. The molecule has 2 aromatic rings. The molecule has 8 heteroatoms. The minimum Gasteiger partial charge on any atom is -0.242 e. The minimum absolute atomic E-state index is 0.356. The number of rotatable bonds is 7. The zero-order valence-electron chi connectivity index (χ0n) is 18.2. The molecule has 0 saturated carbocycles. The Hall–Kier alpha value is -0.380. The molecule has 2 rings (SSSR count). The monoisotopic (exact) mass is 576 g/mol. The summed E-state index contributed by atoms with van der Waals surface area (Å²) < 4.78 is 33.8. The van der Waals surface area contributed by atoms with E-state index < -0.39 is 31.5 Å². The van der Waals surface area contributed by atoms with E-state index in [4.69, 9.17) is 0 Å². The van der Waals surface area contributed by atoms with Gasteiger partial charge in [-0.2, -0.15) is 0 Å². The van der Waals surface area contributed by atoms with Crippen molar-refractivity contribution in [3.8, 4) is 0 Å². The Bertz CT molecular complexity index is 814. The Morgan fingerprint density at radius 1 is 0.633 bits per heavy atom. The van der Waals surface area contributed by atoms with Gasteiger partial charge in [-0.25, -0.2) is 17.9 Å². The van der Waals surface area contributed by atoms with Crippen LogP contribution in [-0.2, 0) is 22.0 Å². The van der Waals surface area contributed by atoms with Crippen LogP contribution in [0.2, 0.25) is 0 Å². The molecule has 2 N–H and O–H groups in total. The number of nitrogens with one attached hydrogen (secondary N) is 2. The smallest absolute Gasteiger partial charge is 0.0976 e. The first-order valence-corrected chi connectivity index (χ1v) is 13.5. The van der Waals surface area contributed by atoms with Crippen LogP contribution in [-0.4, -0.2) is 17.9 Å². The number of benzene rings is 2. The fraction of sp³-hybridized carbons (Fsp3) is 0.455. The highest BCUT2D eigenvalue weighted by Gasteiger charge is 2.33. The van der Waals surface area contributed by atoms with Crippen LogP contribution >= 0.6 is 31.9 Å². The summed E-state index contributed by atoms with van der Waals surface area (Å²) in [6.07, 6.45) is 0. The van der Waals surface area contributed by atoms with Crippen molar-refractivity contribution in [2.24, 2.45) is 0 Å². The molecule has 0 amide bonds. The SMILES string of the molecule is CC(C)(C)[S@@](=O)N[C@@H](c1ccc(Br)cc1)[C@@H](N[S@](=O)C(C)(C)C)c1ccc(Br)cc1. The van der Waals surface area contributed by atoms with Crippen molar-refractivity contribution in [2.45, 2.75) is 63.1 Å². The molecule has 0 aliphatic rings. The Morgan fingerprint density at radius 2 is 0.900 bits per heavy atom. The highest BCUT2D eigenvalue weighted by molar-refractivity contribution is 9.10. The molecule has 0 radical (unpaired) electrons. The molecule has 0 bridgehead atoms. The second-order valence-electron chi connectivity index (χ2n) is 9.06. The molecule has 4 nitrogen and oxygen atoms in total. The van der Waals surface area contributed by atoms with E-state index in [1.807, 2.05) is 90.1 Å². The molecule has 2 aromatic carbocycles. The summed E-state index contributed by atoms with van der Waals surface area (Å²) in [7, 11) is -2.64. The summed E-state index contributed by atoms with van der Waals surface area (Å²) in [4.78, 5) is 0. The van der Waals surface area contributed by atoms with E-state index in [1.165, 1.54) is 0 Å². The van der Waals surface area contributed by atoms with Gasteiger partial charge in [-0.1, -0.05) is 56.1 Å². The van der Waals surface area contributed by atoms with Crippen molar-refractivity contribution < 1.29 is 8.42 Å². The van der Waals surface area contributed by atoms with Gasteiger partial charge in [-0.05, 0) is 76.9 Å². The third kappa shape index (κ3) is 7.35. The van der Waals surface area contributed by atoms with Crippen LogP contribution in [0, 0.1) is 0 Å². The van der Waals surface area contributed by atoms with Gasteiger partial charge in [0, 0.05) is 8.95 Å². The zero-order valence-corrected chi connectivity index (χ0v) is 23.0. The van der Waals surface area contributed by atoms with Gasteiger partial charge in [0.1, 0.15) is 0 Å². The summed E-state index contributed by atoms with van der Waals surface area (Å²) in [5.41, 5.74) is 1.92. The molecule has 0 fully saturated rings. The Balaban J connectivity index is 2.57. The van der Waals surface area contributed by atoms with E-state index in [2.05, 4.69) is 41.3 Å². The quantitative estimate of drug-likeness (QED) is 0.418. The van der Waals surface area contributed by atoms with Crippen LogP contribution < -0.4 is 9.44 Å². The maximum atomic E-state index is 13.1. The molecule has 30 heavy (non-hydrogen) atoms. The number of hydrogen-bond donors (Lipinski definition) is 2. The van der Waals surface area contributed by atoms with Gasteiger partial charge >= 0.3 is 0 Å². The van der Waals surface area contributed by atoms with E-state index >= 15 is 0 Å². The highest BCUT2D eigenvalue weighted by Crippen LogP contribution is 2.33. The molecular formula is C22H30Br2N2O2S2. The molecular weight excluding hydrogens is 548 g/mol. The average Bonchev–Trinajstić information content (AvgIpc) is 2.64. The molecule has 0 heterocycles. The lowest BCUT2D eigenvalue weighted by atomic mass is 9.95. The summed E-state index contributed by atoms with van der Waals surface area (Å²) in [6.45, 7) is 11.6. The standard InChI is InChI=1S/C22H30Br2N2O2S2/c1-21(2,3)29(27)25-19(15-7-11-17(23)12-8-15)20(26-30(28)22(4,5)6)16-9-13-18(24)14-10-16/h7-14,19-20,25-26H,1-6H3/t19-,20-,29+,30+/m0/s1. The fourth-order valence-corrected chi connectivity index (χ4v) is 4.82. The summed E-state index contributed by atoms with van der Waals surface area (Å²) in [5, 5.41) is 0. The summed E-state index contributed by atoms with van der Waals surface area (Å²) in [5.74, 6) is 0. The Labute approximate surface area is 202 Å². The second kappa shape index (κ2) is 10.5. The van der Waals surface area contributed by atoms with Gasteiger partial charge in [0.25, 0.3) is 0 Å². The lowest BCUT2D eigenvalue weighted by Crippen LogP contribution is -2.44. The van der Waals surface area contributed by atoms with Crippen LogP contribution in [0.25, 0.3) is 0 Å². The maximum absolute atomic E-state index is 13.1. The maximum Gasteiger partial charge on any atom is 0.0976 e. The first-order chi connectivity index (χ1) is 13.8. The van der Waals surface area contributed by atoms with Gasteiger partial charge < -0.3 is 0 Å². The van der Waals surface area contributed by atoms with Crippen molar-refractivity contribution >= 4 is 53.8 Å². The highest BCUT2D eigenvalue weighted by atomic mass is 79.9. The second-order valence-corrected chi connectivity index (χ2v) is 14.9. The summed E-state index contributed by atoms with van der Waals surface area (Å²) >= 11 is 6.97. The van der Waals surface area contributed by atoms with Gasteiger partial charge in [0.05, 0.1) is 43.5 Å². The van der Waals surface area contributed by atoms with E-state index in [0.717, 1.165) is 20.1 Å².